The molecule has 0 amide bonds. The van der Waals surface area contributed by atoms with Gasteiger partial charge in [-0.2, -0.15) is 17.7 Å². The molecule has 4 heterocycles. The summed E-state index contributed by atoms with van der Waals surface area (Å²) in [6.45, 7) is 5.52. The van der Waals surface area contributed by atoms with Crippen molar-refractivity contribution < 1.29 is 13.2 Å². The molecule has 3 aromatic heterocycles. The Kier molecular flexibility index (Phi) is 4.23. The van der Waals surface area contributed by atoms with E-state index in [1.807, 2.05) is 4.90 Å². The quantitative estimate of drug-likeness (QED) is 0.695. The second kappa shape index (κ2) is 6.46. The van der Waals surface area contributed by atoms with Gasteiger partial charge >= 0.3 is 6.18 Å². The number of anilines is 1. The van der Waals surface area contributed by atoms with Crippen molar-refractivity contribution in [1.82, 2.24) is 34.6 Å². The van der Waals surface area contributed by atoms with Gasteiger partial charge in [-0.15, -0.1) is 25.5 Å². The van der Waals surface area contributed by atoms with Gasteiger partial charge in [0.1, 0.15) is 18.0 Å². The Hall–Kier alpha value is -2.72. The van der Waals surface area contributed by atoms with Crippen LogP contribution in [0.4, 0.5) is 19.0 Å². The summed E-state index contributed by atoms with van der Waals surface area (Å²) in [4.78, 5) is 1.98. The average molecular weight is 380 g/mol. The monoisotopic (exact) mass is 380 g/mol. The lowest BCUT2D eigenvalue weighted by Gasteiger charge is -2.32. The first-order chi connectivity index (χ1) is 12.8. The minimum absolute atomic E-state index is 0.0750. The van der Waals surface area contributed by atoms with Crippen LogP contribution in [0.1, 0.15) is 50.3 Å². The molecule has 0 unspecified atom stereocenters. The summed E-state index contributed by atoms with van der Waals surface area (Å²) in [7, 11) is 0. The maximum Gasteiger partial charge on any atom is 0.453 e. The molecule has 0 bridgehead atoms. The molecule has 0 aromatic carbocycles. The molecule has 0 radical (unpaired) electrons. The van der Waals surface area contributed by atoms with Gasteiger partial charge in [-0.25, -0.2) is 0 Å². The Morgan fingerprint density at radius 3 is 2.48 bits per heavy atom. The van der Waals surface area contributed by atoms with Crippen molar-refractivity contribution in [2.45, 2.75) is 44.8 Å². The van der Waals surface area contributed by atoms with Crippen LogP contribution in [0.3, 0.4) is 0 Å². The highest BCUT2D eigenvalue weighted by Crippen LogP contribution is 2.31. The lowest BCUT2D eigenvalue weighted by Crippen LogP contribution is -2.34. The first kappa shape index (κ1) is 17.7. The zero-order valence-corrected chi connectivity index (χ0v) is 14.9. The van der Waals surface area contributed by atoms with E-state index >= 15 is 0 Å². The zero-order chi connectivity index (χ0) is 19.2. The van der Waals surface area contributed by atoms with Crippen LogP contribution in [0, 0.1) is 0 Å². The van der Waals surface area contributed by atoms with Crippen LogP contribution in [-0.4, -0.2) is 47.7 Å². The standard InChI is InChI=1S/C16H19F3N8/c1-10(2)26-9-20-22-14(26)11-5-7-25(8-6-11)13-4-3-12-21-23-15(16(17,18)19)27(12)24-13/h3-4,9-11H,5-8H2,1-2H3. The normalized spacial score (nSPS) is 16.6. The minimum Gasteiger partial charge on any atom is -0.355 e. The summed E-state index contributed by atoms with van der Waals surface area (Å²) < 4.78 is 42.0. The highest BCUT2D eigenvalue weighted by molar-refractivity contribution is 5.46. The average Bonchev–Trinajstić information content (AvgIpc) is 3.28. The number of rotatable bonds is 3. The smallest absolute Gasteiger partial charge is 0.355 e. The molecule has 144 valence electrons. The van der Waals surface area contributed by atoms with Crippen LogP contribution in [0.15, 0.2) is 18.5 Å². The zero-order valence-electron chi connectivity index (χ0n) is 14.9. The third kappa shape index (κ3) is 3.21. The molecule has 0 N–H and O–H groups in total. The van der Waals surface area contributed by atoms with E-state index in [9.17, 15) is 13.2 Å². The maximum absolute atomic E-state index is 13.0. The molecule has 1 saturated heterocycles. The fraction of sp³-hybridized carbons (Fsp3) is 0.562. The topological polar surface area (TPSA) is 77.0 Å². The lowest BCUT2D eigenvalue weighted by molar-refractivity contribution is -0.146. The molecule has 8 nitrogen and oxygen atoms in total. The van der Waals surface area contributed by atoms with E-state index in [2.05, 4.69) is 43.9 Å². The minimum atomic E-state index is -4.60. The number of alkyl halides is 3. The van der Waals surface area contributed by atoms with E-state index in [1.54, 1.807) is 12.4 Å². The third-order valence-electron chi connectivity index (χ3n) is 4.84. The largest absolute Gasteiger partial charge is 0.453 e. The Labute approximate surface area is 153 Å². The molecule has 1 fully saturated rings. The summed E-state index contributed by atoms with van der Waals surface area (Å²) in [5, 5.41) is 19.2. The summed E-state index contributed by atoms with van der Waals surface area (Å²) in [5.74, 6) is 0.609. The molecular weight excluding hydrogens is 361 g/mol. The number of piperidine rings is 1. The highest BCUT2D eigenvalue weighted by atomic mass is 19.4. The molecular formula is C16H19F3N8. The van der Waals surface area contributed by atoms with Gasteiger partial charge in [0, 0.05) is 25.0 Å². The summed E-state index contributed by atoms with van der Waals surface area (Å²) in [6.07, 6.45) is -1.19. The molecule has 4 rings (SSSR count). The predicted octanol–water partition coefficient (Wildman–Crippen LogP) is 2.70. The first-order valence-corrected chi connectivity index (χ1v) is 8.78. The van der Waals surface area contributed by atoms with E-state index in [0.29, 0.717) is 18.9 Å². The van der Waals surface area contributed by atoms with E-state index in [1.165, 1.54) is 6.07 Å². The van der Waals surface area contributed by atoms with Gasteiger partial charge in [0.2, 0.25) is 0 Å². The number of hydrogen-bond donors (Lipinski definition) is 0. The van der Waals surface area contributed by atoms with Gasteiger partial charge in [0.25, 0.3) is 5.82 Å². The lowest BCUT2D eigenvalue weighted by atomic mass is 9.95. The molecule has 1 aliphatic heterocycles. The van der Waals surface area contributed by atoms with Crippen LogP contribution in [-0.2, 0) is 6.18 Å². The van der Waals surface area contributed by atoms with Crippen LogP contribution in [0.25, 0.3) is 5.65 Å². The Morgan fingerprint density at radius 1 is 1.07 bits per heavy atom. The third-order valence-corrected chi connectivity index (χ3v) is 4.84. The van der Waals surface area contributed by atoms with Crippen LogP contribution in [0.5, 0.6) is 0 Å². The summed E-state index contributed by atoms with van der Waals surface area (Å²) >= 11 is 0. The fourth-order valence-corrected chi connectivity index (χ4v) is 3.43. The summed E-state index contributed by atoms with van der Waals surface area (Å²) in [5.41, 5.74) is 0.0750. The van der Waals surface area contributed by atoms with Crippen LogP contribution < -0.4 is 4.90 Å². The van der Waals surface area contributed by atoms with Gasteiger partial charge in [0.15, 0.2) is 5.65 Å². The molecule has 0 spiro atoms. The molecule has 0 atom stereocenters. The maximum atomic E-state index is 13.0. The fourth-order valence-electron chi connectivity index (χ4n) is 3.43. The van der Waals surface area contributed by atoms with Gasteiger partial charge in [0.05, 0.1) is 0 Å². The van der Waals surface area contributed by atoms with Crippen molar-refractivity contribution in [1.29, 1.82) is 0 Å². The van der Waals surface area contributed by atoms with E-state index in [-0.39, 0.29) is 17.6 Å². The van der Waals surface area contributed by atoms with Gasteiger partial charge in [-0.05, 0) is 38.8 Å². The first-order valence-electron chi connectivity index (χ1n) is 8.78. The molecule has 27 heavy (non-hydrogen) atoms. The number of fused-ring (bicyclic) bond motifs is 1. The van der Waals surface area contributed by atoms with Crippen molar-refractivity contribution in [3.05, 3.63) is 30.1 Å². The van der Waals surface area contributed by atoms with Crippen molar-refractivity contribution in [3.63, 3.8) is 0 Å². The van der Waals surface area contributed by atoms with Crippen molar-refractivity contribution in [2.24, 2.45) is 0 Å². The second-order valence-corrected chi connectivity index (χ2v) is 6.93. The van der Waals surface area contributed by atoms with Crippen molar-refractivity contribution in [2.75, 3.05) is 18.0 Å². The molecule has 11 heteroatoms. The second-order valence-electron chi connectivity index (χ2n) is 6.93. The van der Waals surface area contributed by atoms with Crippen molar-refractivity contribution >= 4 is 11.5 Å². The van der Waals surface area contributed by atoms with Gasteiger partial charge < -0.3 is 9.47 Å². The van der Waals surface area contributed by atoms with E-state index in [4.69, 9.17) is 0 Å². The number of halogens is 3. The summed E-state index contributed by atoms with van der Waals surface area (Å²) in [6, 6.07) is 3.47. The molecule has 1 aliphatic rings. The number of hydrogen-bond acceptors (Lipinski definition) is 6. The van der Waals surface area contributed by atoms with E-state index in [0.717, 1.165) is 23.2 Å². The predicted molar refractivity (Wildman–Crippen MR) is 90.4 cm³/mol. The Balaban J connectivity index is 1.53. The number of nitrogens with zero attached hydrogens (tertiary/aromatic N) is 8. The highest BCUT2D eigenvalue weighted by Gasteiger charge is 2.38. The van der Waals surface area contributed by atoms with E-state index < -0.39 is 12.0 Å². The number of aromatic nitrogens is 7. The Bertz CT molecular complexity index is 937. The SMILES string of the molecule is CC(C)n1cnnc1C1CCN(c2ccc3nnc(C(F)(F)F)n3n2)CC1. The van der Waals surface area contributed by atoms with Gasteiger partial charge in [-0.1, -0.05) is 0 Å². The van der Waals surface area contributed by atoms with Gasteiger partial charge in [-0.3, -0.25) is 0 Å². The molecule has 3 aromatic rings. The Morgan fingerprint density at radius 2 is 1.81 bits per heavy atom. The van der Waals surface area contributed by atoms with Crippen LogP contribution in [0.2, 0.25) is 0 Å². The molecule has 0 aliphatic carbocycles. The van der Waals surface area contributed by atoms with Crippen LogP contribution >= 0.6 is 0 Å². The molecule has 0 saturated carbocycles. The van der Waals surface area contributed by atoms with Crippen molar-refractivity contribution in [3.8, 4) is 0 Å².